The van der Waals surface area contributed by atoms with Crippen molar-refractivity contribution in [3.05, 3.63) is 120 Å². The number of carbonyl (C=O) groups excluding carboxylic acids is 3. The number of anilines is 4. The molecule has 7 nitrogen and oxygen atoms in total. The Labute approximate surface area is 203 Å². The van der Waals surface area contributed by atoms with Crippen molar-refractivity contribution in [2.24, 2.45) is 0 Å². The topological polar surface area (TPSA) is 99.3 Å². The number of hydrogen-bond donors (Lipinski definition) is 4. The highest BCUT2D eigenvalue weighted by molar-refractivity contribution is 6.08. The van der Waals surface area contributed by atoms with Crippen molar-refractivity contribution in [3.8, 4) is 0 Å². The second-order valence-corrected chi connectivity index (χ2v) is 7.83. The molecule has 4 amide bonds. The molecule has 0 aliphatic carbocycles. The number of urea groups is 1. The number of amides is 4. The molecular weight excluding hydrogens is 440 g/mol. The van der Waals surface area contributed by atoms with E-state index in [2.05, 4.69) is 21.3 Å². The van der Waals surface area contributed by atoms with E-state index in [0.717, 1.165) is 5.56 Å². The number of carbonyl (C=O) groups is 3. The molecule has 0 saturated carbocycles. The zero-order valence-electron chi connectivity index (χ0n) is 19.0. The van der Waals surface area contributed by atoms with Crippen molar-refractivity contribution in [2.45, 2.75) is 6.92 Å². The highest BCUT2D eigenvalue weighted by Gasteiger charge is 2.12. The largest absolute Gasteiger partial charge is 0.323 e. The zero-order chi connectivity index (χ0) is 24.6. The van der Waals surface area contributed by atoms with Crippen LogP contribution in [0.1, 0.15) is 26.3 Å². The molecule has 0 radical (unpaired) electrons. The fourth-order valence-electron chi connectivity index (χ4n) is 3.34. The van der Waals surface area contributed by atoms with Gasteiger partial charge in [-0.15, -0.1) is 0 Å². The van der Waals surface area contributed by atoms with Gasteiger partial charge in [0.25, 0.3) is 11.8 Å². The second kappa shape index (κ2) is 10.8. The Hall–Kier alpha value is -4.91. The summed E-state index contributed by atoms with van der Waals surface area (Å²) < 4.78 is 0. The normalized spacial score (nSPS) is 10.2. The van der Waals surface area contributed by atoms with Gasteiger partial charge in [-0.2, -0.15) is 0 Å². The Balaban J connectivity index is 1.37. The van der Waals surface area contributed by atoms with Crippen molar-refractivity contribution >= 4 is 40.6 Å². The quantitative estimate of drug-likeness (QED) is 0.276. The number of aryl methyl sites for hydroxylation is 1. The molecule has 0 aromatic heterocycles. The van der Waals surface area contributed by atoms with Crippen LogP contribution in [0.5, 0.6) is 0 Å². The summed E-state index contributed by atoms with van der Waals surface area (Å²) in [4.78, 5) is 37.4. The molecule has 4 aromatic rings. The van der Waals surface area contributed by atoms with E-state index in [1.165, 1.54) is 0 Å². The third-order valence-electron chi connectivity index (χ3n) is 5.22. The number of nitrogens with one attached hydrogen (secondary N) is 4. The van der Waals surface area contributed by atoms with Gasteiger partial charge in [0.2, 0.25) is 0 Å². The third-order valence-corrected chi connectivity index (χ3v) is 5.22. The zero-order valence-corrected chi connectivity index (χ0v) is 19.0. The van der Waals surface area contributed by atoms with Gasteiger partial charge in [-0.05, 0) is 73.2 Å². The molecule has 0 heterocycles. The number of benzene rings is 4. The van der Waals surface area contributed by atoms with Crippen LogP contribution >= 0.6 is 0 Å². The molecule has 0 spiro atoms. The van der Waals surface area contributed by atoms with Crippen LogP contribution in [0, 0.1) is 6.92 Å². The Morgan fingerprint density at radius 3 is 1.66 bits per heavy atom. The summed E-state index contributed by atoms with van der Waals surface area (Å²) in [5, 5.41) is 11.2. The van der Waals surface area contributed by atoms with Gasteiger partial charge in [0.1, 0.15) is 0 Å². The molecule has 7 heteroatoms. The smallest absolute Gasteiger partial charge is 0.322 e. The Morgan fingerprint density at radius 2 is 1.03 bits per heavy atom. The number of para-hydroxylation sites is 1. The minimum Gasteiger partial charge on any atom is -0.322 e. The highest BCUT2D eigenvalue weighted by Crippen LogP contribution is 2.20. The molecule has 0 atom stereocenters. The van der Waals surface area contributed by atoms with Gasteiger partial charge in [0.05, 0.1) is 0 Å². The Kier molecular flexibility index (Phi) is 7.18. The van der Waals surface area contributed by atoms with Gasteiger partial charge in [-0.1, -0.05) is 42.5 Å². The molecule has 0 saturated heterocycles. The molecular formula is C28H24N4O3. The average Bonchev–Trinajstić information content (AvgIpc) is 2.87. The first-order chi connectivity index (χ1) is 17.0. The second-order valence-electron chi connectivity index (χ2n) is 7.83. The minimum absolute atomic E-state index is 0.245. The monoisotopic (exact) mass is 464 g/mol. The van der Waals surface area contributed by atoms with Crippen molar-refractivity contribution in [1.29, 1.82) is 0 Å². The van der Waals surface area contributed by atoms with Crippen LogP contribution in [-0.4, -0.2) is 17.8 Å². The van der Waals surface area contributed by atoms with Gasteiger partial charge in [-0.25, -0.2) is 4.79 Å². The lowest BCUT2D eigenvalue weighted by atomic mass is 10.1. The first-order valence-electron chi connectivity index (χ1n) is 11.0. The van der Waals surface area contributed by atoms with Gasteiger partial charge < -0.3 is 21.3 Å². The molecule has 4 aromatic carbocycles. The van der Waals surface area contributed by atoms with Crippen LogP contribution in [0.3, 0.4) is 0 Å². The summed E-state index contributed by atoms with van der Waals surface area (Å²) in [6.07, 6.45) is 0. The number of hydrogen-bond acceptors (Lipinski definition) is 3. The summed E-state index contributed by atoms with van der Waals surface area (Å²) in [5.41, 5.74) is 4.19. The summed E-state index contributed by atoms with van der Waals surface area (Å²) >= 11 is 0. The Bertz CT molecular complexity index is 1340. The van der Waals surface area contributed by atoms with Crippen molar-refractivity contribution in [2.75, 3.05) is 21.3 Å². The summed E-state index contributed by atoms with van der Waals surface area (Å²) in [7, 11) is 0. The van der Waals surface area contributed by atoms with Crippen molar-refractivity contribution in [1.82, 2.24) is 0 Å². The fraction of sp³-hybridized carbons (Fsp3) is 0.0357. The van der Waals surface area contributed by atoms with Gasteiger partial charge in [-0.3, -0.25) is 9.59 Å². The van der Waals surface area contributed by atoms with Gasteiger partial charge in [0, 0.05) is 33.9 Å². The van der Waals surface area contributed by atoms with Crippen LogP contribution in [0.25, 0.3) is 0 Å². The molecule has 4 N–H and O–H groups in total. The third kappa shape index (κ3) is 6.33. The predicted molar refractivity (Wildman–Crippen MR) is 139 cm³/mol. The molecule has 0 fully saturated rings. The molecule has 0 bridgehead atoms. The van der Waals surface area contributed by atoms with E-state index >= 15 is 0 Å². The SMILES string of the molecule is Cc1ccc(C(=O)Nc2ccc(NC(=O)Nc3ccccc3)cc2)cc1NC(=O)c1ccccc1. The van der Waals surface area contributed by atoms with Crippen molar-refractivity contribution < 1.29 is 14.4 Å². The predicted octanol–water partition coefficient (Wildman–Crippen LogP) is 6.14. The van der Waals surface area contributed by atoms with E-state index in [1.54, 1.807) is 78.9 Å². The summed E-state index contributed by atoms with van der Waals surface area (Å²) in [6, 6.07) is 29.6. The molecule has 0 aliphatic heterocycles. The minimum atomic E-state index is -0.363. The van der Waals surface area contributed by atoms with Crippen LogP contribution in [-0.2, 0) is 0 Å². The average molecular weight is 465 g/mol. The molecule has 35 heavy (non-hydrogen) atoms. The van der Waals surface area contributed by atoms with Crippen LogP contribution in [0.2, 0.25) is 0 Å². The fourth-order valence-corrected chi connectivity index (χ4v) is 3.34. The molecule has 174 valence electrons. The molecule has 0 unspecified atom stereocenters. The van der Waals surface area contributed by atoms with Crippen LogP contribution < -0.4 is 21.3 Å². The van der Waals surface area contributed by atoms with E-state index in [-0.39, 0.29) is 17.8 Å². The van der Waals surface area contributed by atoms with E-state index < -0.39 is 0 Å². The molecule has 0 aliphatic rings. The maximum atomic E-state index is 12.8. The van der Waals surface area contributed by atoms with Crippen LogP contribution in [0.4, 0.5) is 27.5 Å². The van der Waals surface area contributed by atoms with Crippen LogP contribution in [0.15, 0.2) is 103 Å². The van der Waals surface area contributed by atoms with E-state index in [0.29, 0.717) is 33.9 Å². The van der Waals surface area contributed by atoms with E-state index in [1.807, 2.05) is 31.2 Å². The first-order valence-corrected chi connectivity index (χ1v) is 11.0. The van der Waals surface area contributed by atoms with E-state index in [9.17, 15) is 14.4 Å². The molecule has 4 rings (SSSR count). The standard InChI is InChI=1S/C28H24N4O3/c1-19-12-13-21(18-25(19)32-26(33)20-8-4-2-5-9-20)27(34)29-23-14-16-24(17-15-23)31-28(35)30-22-10-6-3-7-11-22/h2-18H,1H3,(H,29,34)(H,32,33)(H2,30,31,35). The van der Waals surface area contributed by atoms with Gasteiger partial charge in [0.15, 0.2) is 0 Å². The van der Waals surface area contributed by atoms with E-state index in [4.69, 9.17) is 0 Å². The Morgan fingerprint density at radius 1 is 0.514 bits per heavy atom. The van der Waals surface area contributed by atoms with Gasteiger partial charge >= 0.3 is 6.03 Å². The lowest BCUT2D eigenvalue weighted by Crippen LogP contribution is -2.19. The number of rotatable bonds is 6. The summed E-state index contributed by atoms with van der Waals surface area (Å²) in [6.45, 7) is 1.86. The summed E-state index contributed by atoms with van der Waals surface area (Å²) in [5.74, 6) is -0.562. The lowest BCUT2D eigenvalue weighted by molar-refractivity contribution is 0.101. The first kappa shape index (κ1) is 23.3. The van der Waals surface area contributed by atoms with Crippen molar-refractivity contribution in [3.63, 3.8) is 0 Å². The maximum Gasteiger partial charge on any atom is 0.323 e. The lowest BCUT2D eigenvalue weighted by Gasteiger charge is -2.12. The highest BCUT2D eigenvalue weighted by atomic mass is 16.2. The maximum absolute atomic E-state index is 12.8.